The minimum atomic E-state index is 0.184. The smallest absolute Gasteiger partial charge is 0.0898 e. The average molecular weight is 189 g/mol. The molecule has 1 aliphatic rings. The number of benzene rings is 1. The molecule has 0 bridgehead atoms. The van der Waals surface area contributed by atoms with Crippen molar-refractivity contribution in [2.45, 2.75) is 32.5 Å². The summed E-state index contributed by atoms with van der Waals surface area (Å²) < 4.78 is 5.83. The first-order chi connectivity index (χ1) is 6.77. The maximum atomic E-state index is 5.83. The molecule has 1 unspecified atom stereocenters. The normalized spacial score (nSPS) is 19.8. The summed E-state index contributed by atoms with van der Waals surface area (Å²) in [6.07, 6.45) is 3.27. The SMILES string of the molecule is CC(C)OC1CC=Nc2ccccc21. The first kappa shape index (κ1) is 9.41. The van der Waals surface area contributed by atoms with Gasteiger partial charge in [-0.15, -0.1) is 0 Å². The Hall–Kier alpha value is -1.15. The molecule has 14 heavy (non-hydrogen) atoms. The quantitative estimate of drug-likeness (QED) is 0.699. The van der Waals surface area contributed by atoms with Gasteiger partial charge in [0.15, 0.2) is 0 Å². The highest BCUT2D eigenvalue weighted by Gasteiger charge is 2.18. The zero-order chi connectivity index (χ0) is 9.97. The Labute approximate surface area is 84.6 Å². The predicted octanol–water partition coefficient (Wildman–Crippen LogP) is 3.26. The number of rotatable bonds is 2. The number of ether oxygens (including phenoxy) is 1. The van der Waals surface area contributed by atoms with Crippen LogP contribution in [0.2, 0.25) is 0 Å². The van der Waals surface area contributed by atoms with Gasteiger partial charge < -0.3 is 4.74 Å². The molecule has 0 N–H and O–H groups in total. The van der Waals surface area contributed by atoms with Gasteiger partial charge in [-0.25, -0.2) is 0 Å². The summed E-state index contributed by atoms with van der Waals surface area (Å²) in [5, 5.41) is 0. The third-order valence-corrected chi connectivity index (χ3v) is 2.27. The first-order valence-electron chi connectivity index (χ1n) is 5.04. The molecule has 1 aromatic carbocycles. The highest BCUT2D eigenvalue weighted by Crippen LogP contribution is 2.33. The summed E-state index contributed by atoms with van der Waals surface area (Å²) in [7, 11) is 0. The van der Waals surface area contributed by atoms with Gasteiger partial charge in [-0.2, -0.15) is 0 Å². The molecule has 0 spiro atoms. The highest BCUT2D eigenvalue weighted by molar-refractivity contribution is 5.69. The minimum absolute atomic E-state index is 0.184. The van der Waals surface area contributed by atoms with Crippen LogP contribution in [0.5, 0.6) is 0 Å². The van der Waals surface area contributed by atoms with Crippen LogP contribution in [0.4, 0.5) is 5.69 Å². The predicted molar refractivity (Wildman–Crippen MR) is 58.2 cm³/mol. The molecule has 1 heterocycles. The van der Waals surface area contributed by atoms with E-state index in [0.717, 1.165) is 12.1 Å². The third kappa shape index (κ3) is 1.85. The lowest BCUT2D eigenvalue weighted by Crippen LogP contribution is -2.13. The van der Waals surface area contributed by atoms with Crippen molar-refractivity contribution in [2.75, 3.05) is 0 Å². The highest BCUT2D eigenvalue weighted by atomic mass is 16.5. The average Bonchev–Trinajstić information content (AvgIpc) is 2.18. The summed E-state index contributed by atoms with van der Waals surface area (Å²) in [4.78, 5) is 4.35. The van der Waals surface area contributed by atoms with Crippen molar-refractivity contribution in [3.8, 4) is 0 Å². The molecule has 2 heteroatoms. The second-order valence-electron chi connectivity index (χ2n) is 3.78. The number of hydrogen-bond donors (Lipinski definition) is 0. The van der Waals surface area contributed by atoms with Gasteiger partial charge in [-0.1, -0.05) is 18.2 Å². The summed E-state index contributed by atoms with van der Waals surface area (Å²) in [6, 6.07) is 8.17. The number of hydrogen-bond acceptors (Lipinski definition) is 2. The van der Waals surface area contributed by atoms with E-state index in [4.69, 9.17) is 4.74 Å². The third-order valence-electron chi connectivity index (χ3n) is 2.27. The van der Waals surface area contributed by atoms with Crippen LogP contribution in [0.1, 0.15) is 31.9 Å². The molecule has 0 saturated carbocycles. The van der Waals surface area contributed by atoms with Crippen LogP contribution in [0, 0.1) is 0 Å². The molecule has 1 aromatic rings. The lowest BCUT2D eigenvalue weighted by atomic mass is 10.0. The zero-order valence-electron chi connectivity index (χ0n) is 8.60. The van der Waals surface area contributed by atoms with Crippen LogP contribution in [0.15, 0.2) is 29.3 Å². The van der Waals surface area contributed by atoms with Crippen LogP contribution < -0.4 is 0 Å². The van der Waals surface area contributed by atoms with Crippen molar-refractivity contribution >= 4 is 11.9 Å². The summed E-state index contributed by atoms with van der Waals surface area (Å²) in [5.74, 6) is 0. The van der Waals surface area contributed by atoms with Gasteiger partial charge in [0.1, 0.15) is 0 Å². The van der Waals surface area contributed by atoms with Gasteiger partial charge in [0.25, 0.3) is 0 Å². The van der Waals surface area contributed by atoms with E-state index in [0.29, 0.717) is 0 Å². The number of nitrogens with zero attached hydrogens (tertiary/aromatic N) is 1. The van der Waals surface area contributed by atoms with Crippen molar-refractivity contribution in [1.82, 2.24) is 0 Å². The minimum Gasteiger partial charge on any atom is -0.370 e. The number of para-hydroxylation sites is 1. The fraction of sp³-hybridized carbons (Fsp3) is 0.417. The van der Waals surface area contributed by atoms with E-state index in [1.165, 1.54) is 5.56 Å². The molecule has 0 aliphatic carbocycles. The van der Waals surface area contributed by atoms with Crippen molar-refractivity contribution in [2.24, 2.45) is 4.99 Å². The topological polar surface area (TPSA) is 21.6 Å². The van der Waals surface area contributed by atoms with Gasteiger partial charge >= 0.3 is 0 Å². The Kier molecular flexibility index (Phi) is 2.64. The lowest BCUT2D eigenvalue weighted by molar-refractivity contribution is 0.0111. The van der Waals surface area contributed by atoms with Crippen LogP contribution in [0.25, 0.3) is 0 Å². The molecule has 0 fully saturated rings. The fourth-order valence-corrected chi connectivity index (χ4v) is 1.71. The van der Waals surface area contributed by atoms with E-state index in [9.17, 15) is 0 Å². The Morgan fingerprint density at radius 3 is 2.93 bits per heavy atom. The molecular formula is C12H15NO. The standard InChI is InChI=1S/C12H15NO/c1-9(2)14-12-7-8-13-11-6-4-3-5-10(11)12/h3-6,8-9,12H,7H2,1-2H3. The molecule has 2 nitrogen and oxygen atoms in total. The van der Waals surface area contributed by atoms with Gasteiger partial charge in [-0.3, -0.25) is 4.99 Å². The second-order valence-corrected chi connectivity index (χ2v) is 3.78. The van der Waals surface area contributed by atoms with Crippen LogP contribution in [-0.4, -0.2) is 12.3 Å². The van der Waals surface area contributed by atoms with Crippen molar-refractivity contribution < 1.29 is 4.74 Å². The molecule has 1 aliphatic heterocycles. The van der Waals surface area contributed by atoms with E-state index in [-0.39, 0.29) is 12.2 Å². The second kappa shape index (κ2) is 3.93. The van der Waals surface area contributed by atoms with E-state index in [1.807, 2.05) is 24.4 Å². The van der Waals surface area contributed by atoms with Crippen LogP contribution >= 0.6 is 0 Å². The maximum Gasteiger partial charge on any atom is 0.0898 e. The Bertz CT molecular complexity index is 344. The maximum absolute atomic E-state index is 5.83. The Balaban J connectivity index is 2.27. The number of fused-ring (bicyclic) bond motifs is 1. The monoisotopic (exact) mass is 189 g/mol. The molecule has 0 saturated heterocycles. The molecule has 0 aromatic heterocycles. The molecule has 74 valence electrons. The molecule has 2 rings (SSSR count). The molecule has 0 amide bonds. The van der Waals surface area contributed by atoms with Crippen LogP contribution in [-0.2, 0) is 4.74 Å². The first-order valence-corrected chi connectivity index (χ1v) is 5.04. The zero-order valence-corrected chi connectivity index (χ0v) is 8.60. The molecule has 0 radical (unpaired) electrons. The van der Waals surface area contributed by atoms with Crippen molar-refractivity contribution in [3.63, 3.8) is 0 Å². The fourth-order valence-electron chi connectivity index (χ4n) is 1.71. The van der Waals surface area contributed by atoms with E-state index in [1.54, 1.807) is 0 Å². The molecule has 1 atom stereocenters. The Morgan fingerprint density at radius 1 is 1.36 bits per heavy atom. The summed E-state index contributed by atoms with van der Waals surface area (Å²) in [5.41, 5.74) is 2.26. The number of aliphatic imine (C=N–C) groups is 1. The summed E-state index contributed by atoms with van der Waals surface area (Å²) in [6.45, 7) is 4.13. The Morgan fingerprint density at radius 2 is 2.14 bits per heavy atom. The van der Waals surface area contributed by atoms with Crippen molar-refractivity contribution in [3.05, 3.63) is 29.8 Å². The van der Waals surface area contributed by atoms with E-state index in [2.05, 4.69) is 24.9 Å². The molecular weight excluding hydrogens is 174 g/mol. The lowest BCUT2D eigenvalue weighted by Gasteiger charge is -2.23. The van der Waals surface area contributed by atoms with Gasteiger partial charge in [0, 0.05) is 18.2 Å². The van der Waals surface area contributed by atoms with Gasteiger partial charge in [0.2, 0.25) is 0 Å². The van der Waals surface area contributed by atoms with Gasteiger partial charge in [0.05, 0.1) is 17.9 Å². The summed E-state index contributed by atoms with van der Waals surface area (Å²) >= 11 is 0. The van der Waals surface area contributed by atoms with Crippen LogP contribution in [0.3, 0.4) is 0 Å². The van der Waals surface area contributed by atoms with Gasteiger partial charge in [-0.05, 0) is 19.9 Å². The van der Waals surface area contributed by atoms with E-state index < -0.39 is 0 Å². The van der Waals surface area contributed by atoms with Crippen molar-refractivity contribution in [1.29, 1.82) is 0 Å². The van der Waals surface area contributed by atoms with E-state index >= 15 is 0 Å². The largest absolute Gasteiger partial charge is 0.370 e.